The Morgan fingerprint density at radius 2 is 2.37 bits per heavy atom. The Balaban J connectivity index is 1.81. The highest BCUT2D eigenvalue weighted by molar-refractivity contribution is 5.61. The average Bonchev–Trinajstić information content (AvgIpc) is 3.09. The Bertz CT molecular complexity index is 606. The lowest BCUT2D eigenvalue weighted by molar-refractivity contribution is 0.755. The minimum absolute atomic E-state index is 0.565. The van der Waals surface area contributed by atoms with E-state index in [1.165, 1.54) is 11.9 Å². The minimum atomic E-state index is 0.565. The van der Waals surface area contributed by atoms with Crippen LogP contribution >= 0.6 is 0 Å². The number of H-pyrrole nitrogens is 1. The monoisotopic (exact) mass is 257 g/mol. The van der Waals surface area contributed by atoms with E-state index in [1.807, 2.05) is 12.4 Å². The van der Waals surface area contributed by atoms with E-state index in [2.05, 4.69) is 37.4 Å². The molecule has 98 valence electrons. The van der Waals surface area contributed by atoms with Crippen LogP contribution in [0.5, 0.6) is 0 Å². The fourth-order valence-electron chi connectivity index (χ4n) is 2.16. The maximum absolute atomic E-state index is 4.49. The van der Waals surface area contributed by atoms with Gasteiger partial charge in [0.05, 0.1) is 11.9 Å². The Hall–Kier alpha value is -2.31. The topological polar surface area (TPSA) is 84.6 Å². The van der Waals surface area contributed by atoms with Gasteiger partial charge in [-0.05, 0) is 24.8 Å². The first-order valence-electron chi connectivity index (χ1n) is 6.37. The number of aromatic amines is 1. The third-order valence-corrected chi connectivity index (χ3v) is 3.17. The van der Waals surface area contributed by atoms with Crippen molar-refractivity contribution in [2.75, 3.05) is 0 Å². The molecule has 0 bridgehead atoms. The summed E-state index contributed by atoms with van der Waals surface area (Å²) in [6, 6.07) is 0. The predicted molar refractivity (Wildman–Crippen MR) is 70.0 cm³/mol. The molecule has 3 rings (SSSR count). The first-order chi connectivity index (χ1) is 9.36. The molecule has 0 radical (unpaired) electrons. The van der Waals surface area contributed by atoms with Crippen LogP contribution in [0.15, 0.2) is 28.8 Å². The van der Waals surface area contributed by atoms with E-state index in [0.717, 1.165) is 30.7 Å². The van der Waals surface area contributed by atoms with Crippen LogP contribution in [-0.2, 0) is 6.42 Å². The third kappa shape index (κ3) is 2.44. The molecule has 3 heterocycles. The van der Waals surface area contributed by atoms with Crippen LogP contribution in [-0.4, -0.2) is 36.4 Å². The van der Waals surface area contributed by atoms with Crippen molar-refractivity contribution in [2.24, 2.45) is 4.99 Å². The summed E-state index contributed by atoms with van der Waals surface area (Å²) < 4.78 is 1.58. The summed E-state index contributed by atoms with van der Waals surface area (Å²) in [6.07, 6.45) is 9.18. The molecule has 0 fully saturated rings. The molecule has 7 nitrogen and oxygen atoms in total. The van der Waals surface area contributed by atoms with Crippen LogP contribution in [0.25, 0.3) is 5.95 Å². The van der Waals surface area contributed by atoms with Crippen molar-refractivity contribution in [1.29, 1.82) is 0 Å². The van der Waals surface area contributed by atoms with Gasteiger partial charge in [0, 0.05) is 18.3 Å². The zero-order chi connectivity index (χ0) is 13.1. The van der Waals surface area contributed by atoms with Crippen LogP contribution in [0.3, 0.4) is 0 Å². The Morgan fingerprint density at radius 1 is 1.42 bits per heavy atom. The minimum Gasteiger partial charge on any atom is -0.265 e. The Labute approximate surface area is 110 Å². The number of hydrogen-bond donors (Lipinski definition) is 1. The first-order valence-corrected chi connectivity index (χ1v) is 6.37. The second-order valence-corrected chi connectivity index (χ2v) is 4.39. The predicted octanol–water partition coefficient (Wildman–Crippen LogP) is 1.46. The highest BCUT2D eigenvalue weighted by Gasteiger charge is 2.12. The van der Waals surface area contributed by atoms with Gasteiger partial charge in [0.1, 0.15) is 6.33 Å². The van der Waals surface area contributed by atoms with Crippen molar-refractivity contribution < 1.29 is 0 Å². The van der Waals surface area contributed by atoms with Gasteiger partial charge < -0.3 is 0 Å². The first kappa shape index (κ1) is 11.8. The van der Waals surface area contributed by atoms with Gasteiger partial charge in [-0.2, -0.15) is 14.8 Å². The van der Waals surface area contributed by atoms with Gasteiger partial charge >= 0.3 is 0 Å². The van der Waals surface area contributed by atoms with E-state index in [1.54, 1.807) is 4.68 Å². The number of allylic oxidation sites excluding steroid dienone is 2. The van der Waals surface area contributed by atoms with Gasteiger partial charge in [-0.1, -0.05) is 12.1 Å². The number of nitrogens with zero attached hydrogens (tertiary/aromatic N) is 6. The van der Waals surface area contributed by atoms with Gasteiger partial charge in [-0.3, -0.25) is 4.99 Å². The quantitative estimate of drug-likeness (QED) is 0.898. The summed E-state index contributed by atoms with van der Waals surface area (Å²) in [5.74, 6) is 0.565. The second kappa shape index (κ2) is 5.13. The van der Waals surface area contributed by atoms with Gasteiger partial charge in [0.15, 0.2) is 0 Å². The summed E-state index contributed by atoms with van der Waals surface area (Å²) >= 11 is 0. The fraction of sp³-hybridized carbons (Fsp3) is 0.417. The maximum atomic E-state index is 4.49. The molecular weight excluding hydrogens is 242 g/mol. The molecule has 7 heteroatoms. The molecule has 0 aliphatic carbocycles. The number of aromatic nitrogens is 6. The lowest BCUT2D eigenvalue weighted by Gasteiger charge is -2.12. The van der Waals surface area contributed by atoms with Gasteiger partial charge in [-0.15, -0.1) is 5.10 Å². The molecule has 0 spiro atoms. The van der Waals surface area contributed by atoms with Crippen LogP contribution in [0.4, 0.5) is 0 Å². The Morgan fingerprint density at radius 3 is 3.16 bits per heavy atom. The summed E-state index contributed by atoms with van der Waals surface area (Å²) in [5, 5.41) is 14.7. The van der Waals surface area contributed by atoms with Gasteiger partial charge in [-0.25, -0.2) is 5.10 Å². The molecular formula is C12H15N7. The molecule has 1 aliphatic heterocycles. The van der Waals surface area contributed by atoms with E-state index in [0.29, 0.717) is 12.4 Å². The molecule has 1 aliphatic rings. The summed E-state index contributed by atoms with van der Waals surface area (Å²) in [7, 11) is 0. The largest absolute Gasteiger partial charge is 0.265 e. The van der Waals surface area contributed by atoms with Crippen LogP contribution in [0, 0.1) is 0 Å². The fourth-order valence-corrected chi connectivity index (χ4v) is 2.16. The molecule has 0 atom stereocenters. The van der Waals surface area contributed by atoms with Crippen LogP contribution in [0.2, 0.25) is 0 Å². The van der Waals surface area contributed by atoms with E-state index in [4.69, 9.17) is 0 Å². The smallest absolute Gasteiger partial charge is 0.247 e. The molecule has 19 heavy (non-hydrogen) atoms. The number of nitrogens with one attached hydrogen (secondary N) is 1. The highest BCUT2D eigenvalue weighted by Crippen LogP contribution is 2.22. The molecule has 0 unspecified atom stereocenters. The van der Waals surface area contributed by atoms with E-state index >= 15 is 0 Å². The van der Waals surface area contributed by atoms with E-state index < -0.39 is 0 Å². The maximum Gasteiger partial charge on any atom is 0.247 e. The van der Waals surface area contributed by atoms with Crippen LogP contribution < -0.4 is 0 Å². The number of hydrogen-bond acceptors (Lipinski definition) is 5. The molecule has 0 saturated heterocycles. The molecule has 0 amide bonds. The van der Waals surface area contributed by atoms with Crippen molar-refractivity contribution in [3.63, 3.8) is 0 Å². The molecule has 2 aromatic rings. The zero-order valence-electron chi connectivity index (χ0n) is 10.7. The standard InChI is InChI=1S/C12H15N7/c1-2-9-4-3-5-13-11(9)6-10-7-19(18-16-10)12-14-8-15-17-12/h5,7-8H,2-4,6H2,1H3,(H,14,15,17). The lowest BCUT2D eigenvalue weighted by Crippen LogP contribution is -2.00. The van der Waals surface area contributed by atoms with Crippen molar-refractivity contribution in [3.8, 4) is 5.95 Å². The van der Waals surface area contributed by atoms with Crippen molar-refractivity contribution in [1.82, 2.24) is 30.2 Å². The van der Waals surface area contributed by atoms with E-state index in [-0.39, 0.29) is 0 Å². The van der Waals surface area contributed by atoms with Gasteiger partial charge in [0.25, 0.3) is 0 Å². The summed E-state index contributed by atoms with van der Waals surface area (Å²) in [6.45, 7) is 2.17. The van der Waals surface area contributed by atoms with E-state index in [9.17, 15) is 0 Å². The van der Waals surface area contributed by atoms with Crippen molar-refractivity contribution >= 4 is 6.21 Å². The van der Waals surface area contributed by atoms with Crippen molar-refractivity contribution in [2.45, 2.75) is 32.6 Å². The van der Waals surface area contributed by atoms with Crippen molar-refractivity contribution in [3.05, 3.63) is 29.5 Å². The highest BCUT2D eigenvalue weighted by atomic mass is 15.5. The third-order valence-electron chi connectivity index (χ3n) is 3.17. The Kier molecular flexibility index (Phi) is 3.18. The van der Waals surface area contributed by atoms with Gasteiger partial charge in [0.2, 0.25) is 5.95 Å². The average molecular weight is 257 g/mol. The SMILES string of the molecule is CCC1=C(Cc2cn(-c3ncn[nH]3)nn2)N=CCC1. The molecule has 0 aromatic carbocycles. The molecule has 2 aromatic heterocycles. The number of aliphatic imine (C=N–C) groups is 1. The summed E-state index contributed by atoms with van der Waals surface area (Å²) in [5.41, 5.74) is 3.42. The zero-order valence-corrected chi connectivity index (χ0v) is 10.7. The normalized spacial score (nSPS) is 15.2. The molecule has 1 N–H and O–H groups in total. The lowest BCUT2D eigenvalue weighted by atomic mass is 10.0. The summed E-state index contributed by atoms with van der Waals surface area (Å²) in [4.78, 5) is 8.52. The molecule has 0 saturated carbocycles. The number of rotatable bonds is 4. The second-order valence-electron chi connectivity index (χ2n) is 4.39. The van der Waals surface area contributed by atoms with Crippen LogP contribution in [0.1, 0.15) is 31.9 Å².